The molecule has 9 rings (SSSR count). The number of hydrogen-bond acceptors (Lipinski definition) is 20. The number of hydrogen-bond donors (Lipinski definition) is 4. The van der Waals surface area contributed by atoms with Crippen LogP contribution in [0.15, 0.2) is 91.0 Å². The fourth-order valence-corrected chi connectivity index (χ4v) is 13.4. The Morgan fingerprint density at radius 1 is 0.495 bits per heavy atom. The highest BCUT2D eigenvalue weighted by molar-refractivity contribution is 6.01. The van der Waals surface area contributed by atoms with Crippen molar-refractivity contribution in [1.29, 1.82) is 0 Å². The number of benzene rings is 5. The Labute approximate surface area is 653 Å². The van der Waals surface area contributed by atoms with Gasteiger partial charge in [-0.25, -0.2) is 14.4 Å². The number of fused-ring (bicyclic) bond motifs is 2. The molecule has 111 heavy (non-hydrogen) atoms. The maximum absolute atomic E-state index is 13.9. The van der Waals surface area contributed by atoms with Crippen LogP contribution < -0.4 is 65.0 Å². The van der Waals surface area contributed by atoms with E-state index in [4.69, 9.17) is 58.3 Å². The van der Waals surface area contributed by atoms with Crippen LogP contribution >= 0.6 is 0 Å². The van der Waals surface area contributed by atoms with Gasteiger partial charge in [0, 0.05) is 98.6 Å². The van der Waals surface area contributed by atoms with Crippen LogP contribution in [-0.2, 0) is 32.1 Å². The van der Waals surface area contributed by atoms with E-state index in [9.17, 15) is 37.1 Å². The van der Waals surface area contributed by atoms with Crippen LogP contribution in [0.1, 0.15) is 181 Å². The van der Waals surface area contributed by atoms with Crippen LogP contribution in [0.4, 0.5) is 38.9 Å². The van der Waals surface area contributed by atoms with Crippen molar-refractivity contribution in [3.05, 3.63) is 130 Å². The van der Waals surface area contributed by atoms with Gasteiger partial charge < -0.3 is 103 Å². The van der Waals surface area contributed by atoms with Crippen molar-refractivity contribution >= 4 is 47.4 Å². The average molecular weight is 1560 g/mol. The lowest BCUT2D eigenvalue weighted by Crippen LogP contribution is -2.57. The number of ether oxygens (including phenoxy) is 9. The van der Waals surface area contributed by atoms with E-state index in [0.29, 0.717) is 92.9 Å². The number of alkyl halides is 3. The van der Waals surface area contributed by atoms with Gasteiger partial charge in [0.2, 0.25) is 0 Å². The second-order valence-electron chi connectivity index (χ2n) is 30.7. The number of rotatable bonds is 27. The third-order valence-electron chi connectivity index (χ3n) is 19.4. The average Bonchev–Trinajstić information content (AvgIpc) is 1.62. The Bertz CT molecular complexity index is 3880. The second-order valence-corrected chi connectivity index (χ2v) is 30.7. The summed E-state index contributed by atoms with van der Waals surface area (Å²) in [6.45, 7) is 33.8. The zero-order valence-corrected chi connectivity index (χ0v) is 68.2. The number of carbonyl (C=O) groups excluding carboxylic acids is 6. The molecule has 0 saturated carbocycles. The summed E-state index contributed by atoms with van der Waals surface area (Å²) < 4.78 is 81.1. The van der Waals surface area contributed by atoms with E-state index in [1.54, 1.807) is 42.7 Å². The van der Waals surface area contributed by atoms with Gasteiger partial charge in [-0.2, -0.15) is 13.2 Å². The molecule has 2 fully saturated rings. The van der Waals surface area contributed by atoms with Crippen molar-refractivity contribution in [2.24, 2.45) is 5.73 Å². The number of nitrogens with two attached hydrogens (primary N) is 1. The first-order valence-corrected chi connectivity index (χ1v) is 37.9. The molecule has 0 spiro atoms. The summed E-state index contributed by atoms with van der Waals surface area (Å²) in [5.41, 5.74) is 13.6. The van der Waals surface area contributed by atoms with Gasteiger partial charge in [0.25, 0.3) is 11.8 Å². The minimum Gasteiger partial charge on any atom is -0.542 e. The Morgan fingerprint density at radius 3 is 1.15 bits per heavy atom. The third-order valence-corrected chi connectivity index (χ3v) is 19.4. The smallest absolute Gasteiger partial charge is 0.430 e. The maximum atomic E-state index is 13.9. The van der Waals surface area contributed by atoms with Crippen LogP contribution in [0.2, 0.25) is 0 Å². The van der Waals surface area contributed by atoms with E-state index in [0.717, 1.165) is 127 Å². The normalized spacial score (nSPS) is 15.6. The van der Waals surface area contributed by atoms with Gasteiger partial charge in [-0.15, -0.1) is 0 Å². The molecule has 4 heterocycles. The van der Waals surface area contributed by atoms with E-state index in [2.05, 4.69) is 63.7 Å². The van der Waals surface area contributed by atoms with Gasteiger partial charge in [-0.1, -0.05) is 37.3 Å². The molecule has 5 aromatic carbocycles. The van der Waals surface area contributed by atoms with E-state index >= 15 is 0 Å². The molecular weight excluding hydrogens is 1440 g/mol. The Morgan fingerprint density at radius 2 is 0.829 bits per heavy atom. The zero-order valence-electron chi connectivity index (χ0n) is 68.2. The molecule has 26 nitrogen and oxygen atoms in total. The third kappa shape index (κ3) is 26.8. The SMILES string of the molecule is CCN1CCN(c2cccc3c2CN([C@H](CCCNC(=O)OC(C)(C)C)c2ccc(OC)c(OC)c2)C3=O)CC1.CC[N+]1(C)CCN(c2cccc3c2CN([C@H](CCCNC(=O)OC(C)(C)C)c2ccc(OC)c(OC)c2)C3=O)CC1.COc1ccc([C@H](N)CCCNC(=O)OC(C)(C)C)cc1OC.O=C([O-])C(F)(F)F. The van der Waals surface area contributed by atoms with Crippen molar-refractivity contribution in [3.63, 3.8) is 0 Å². The van der Waals surface area contributed by atoms with Gasteiger partial charge in [0.05, 0.1) is 94.5 Å². The van der Waals surface area contributed by atoms with E-state index < -0.39 is 47.2 Å². The number of carbonyl (C=O) groups is 6. The fraction of sp³-hybridized carbons (Fsp3) is 0.561. The summed E-state index contributed by atoms with van der Waals surface area (Å²) >= 11 is 0. The minimum atomic E-state index is -5.19. The summed E-state index contributed by atoms with van der Waals surface area (Å²) in [7, 11) is 12.0. The number of piperazine rings is 2. The van der Waals surface area contributed by atoms with E-state index in [1.807, 2.05) is 151 Å². The summed E-state index contributed by atoms with van der Waals surface area (Å²) in [5.74, 6) is 0.919. The number of carboxylic acids is 1. The van der Waals surface area contributed by atoms with Crippen molar-refractivity contribution in [1.82, 2.24) is 30.7 Å². The van der Waals surface area contributed by atoms with E-state index in [-0.39, 0.29) is 29.9 Å². The number of methoxy groups -OCH3 is 6. The first-order chi connectivity index (χ1) is 52.3. The van der Waals surface area contributed by atoms with Crippen LogP contribution in [-0.4, -0.2) is 213 Å². The number of nitrogens with one attached hydrogen (secondary N) is 3. The van der Waals surface area contributed by atoms with Crippen LogP contribution in [0, 0.1) is 0 Å². The summed E-state index contributed by atoms with van der Waals surface area (Å²) in [4.78, 5) is 83.7. The molecule has 3 atom stereocenters. The lowest BCUT2D eigenvalue weighted by Gasteiger charge is -2.42. The monoisotopic (exact) mass is 1560 g/mol. The van der Waals surface area contributed by atoms with Gasteiger partial charge in [-0.05, 0) is 192 Å². The molecule has 0 radical (unpaired) electrons. The summed E-state index contributed by atoms with van der Waals surface area (Å²) in [6, 6.07) is 29.0. The van der Waals surface area contributed by atoms with Gasteiger partial charge in [-0.3, -0.25) is 9.59 Å². The predicted molar refractivity (Wildman–Crippen MR) is 418 cm³/mol. The van der Waals surface area contributed by atoms with Gasteiger partial charge in [0.1, 0.15) is 22.8 Å². The topological polar surface area (TPSA) is 287 Å². The molecule has 5 amide bonds. The second kappa shape index (κ2) is 41.1. The largest absolute Gasteiger partial charge is 0.542 e. The van der Waals surface area contributed by atoms with Crippen molar-refractivity contribution in [2.75, 3.05) is 145 Å². The van der Waals surface area contributed by atoms with Crippen LogP contribution in [0.25, 0.3) is 0 Å². The molecular formula is C82H119F3N10O16. The molecule has 0 aliphatic carbocycles. The lowest BCUT2D eigenvalue weighted by molar-refractivity contribution is -0.908. The number of nitrogens with zero attached hydrogens (tertiary/aromatic N) is 6. The minimum absolute atomic E-state index is 0.0314. The molecule has 0 aromatic heterocycles. The molecule has 4 aliphatic rings. The first-order valence-electron chi connectivity index (χ1n) is 37.9. The highest BCUT2D eigenvalue weighted by Gasteiger charge is 2.40. The Kier molecular flexibility index (Phi) is 33.4. The van der Waals surface area contributed by atoms with E-state index in [1.165, 1.54) is 5.69 Å². The van der Waals surface area contributed by atoms with Crippen LogP contribution in [0.3, 0.4) is 0 Å². The van der Waals surface area contributed by atoms with Crippen LogP contribution in [0.5, 0.6) is 34.5 Å². The van der Waals surface area contributed by atoms with Gasteiger partial charge >= 0.3 is 24.5 Å². The number of carboxylic acid groups (broad SMARTS) is 1. The van der Waals surface area contributed by atoms with Gasteiger partial charge in [0.15, 0.2) is 34.5 Å². The highest BCUT2D eigenvalue weighted by atomic mass is 19.4. The lowest BCUT2D eigenvalue weighted by atomic mass is 9.99. The molecule has 29 heteroatoms. The number of quaternary nitrogens is 1. The maximum Gasteiger partial charge on any atom is 0.430 e. The molecule has 0 unspecified atom stereocenters. The number of anilines is 2. The zero-order chi connectivity index (χ0) is 82.2. The fourth-order valence-electron chi connectivity index (χ4n) is 13.4. The highest BCUT2D eigenvalue weighted by Crippen LogP contribution is 2.43. The summed E-state index contributed by atoms with van der Waals surface area (Å²) in [6.07, 6.45) is -2.31. The Hall–Kier alpha value is -9.61. The predicted octanol–water partition coefficient (Wildman–Crippen LogP) is 12.1. The number of aliphatic carboxylic acids is 1. The molecule has 614 valence electrons. The number of amides is 5. The number of alkyl carbamates (subject to hydrolysis) is 3. The molecule has 0 bridgehead atoms. The molecule has 4 aliphatic heterocycles. The van der Waals surface area contributed by atoms with Crippen molar-refractivity contribution in [3.8, 4) is 34.5 Å². The summed E-state index contributed by atoms with van der Waals surface area (Å²) in [5, 5.41) is 17.2. The van der Waals surface area contributed by atoms with Crippen molar-refractivity contribution < 1.29 is 94.2 Å². The Balaban J connectivity index is 0.000000257. The molecule has 2 saturated heterocycles. The standard InChI is InChI=1S/C32H46N4O5.C31H44N4O5.C17H28N2O4.C2HF3O2/c1-8-36(5)19-17-34(18-20-36)27-12-9-11-24-25(27)22-35(30(24)37)26(13-10-16-33-31(38)41-32(2,3)4)23-14-15-28(39-6)29(21-23)40-7;1-7-33-16-18-34(19-17-33)26-11-8-10-23-24(26)21-35(29(23)36)25(12-9-15-32-30(37)40-31(2,3)4)22-13-14-27(38-5)28(20-22)39-6;1-17(2,3)23-16(20)19-10-6-7-13(18)12-8-9-14(21-4)15(11-12)22-5;3-2(4,5)1(6)7/h9,11-12,14-15,21,26H,8,10,13,16-20,22H2,1-7H3;8,10-11,13-14,20,25H,7,9,12,15-19,21H2,1-6H3,(H,32,37);8-9,11,13H,6-7,10,18H2,1-5H3,(H,19,20);(H,6,7)/t26-;25-;13-;/m111./s1. The number of likely N-dealkylation sites (N-methyl/N-ethyl adjacent to an activating group) is 2. The van der Waals surface area contributed by atoms with Crippen molar-refractivity contribution in [2.45, 2.75) is 169 Å². The quantitative estimate of drug-likeness (QED) is 0.0216. The number of halogens is 3. The molecule has 5 aromatic rings. The molecule has 5 N–H and O–H groups in total. The first kappa shape index (κ1) is 90.3.